The third kappa shape index (κ3) is 4.88. The Hall–Kier alpha value is -3.28. The first kappa shape index (κ1) is 18.5. The zero-order valence-electron chi connectivity index (χ0n) is 14.7. The number of hydrogen-bond acceptors (Lipinski definition) is 3. The molecule has 0 spiro atoms. The highest BCUT2D eigenvalue weighted by Crippen LogP contribution is 2.15. The lowest BCUT2D eigenvalue weighted by molar-refractivity contribution is 0.0784. The molecular weight excluding hydrogens is 350 g/mol. The Kier molecular flexibility index (Phi) is 5.76. The maximum absolute atomic E-state index is 13.3. The maximum atomic E-state index is 13.3. The summed E-state index contributed by atoms with van der Waals surface area (Å²) in [4.78, 5) is 18.1. The normalized spacial score (nSPS) is 10.5. The molecule has 0 N–H and O–H groups in total. The van der Waals surface area contributed by atoms with Crippen LogP contribution in [0.5, 0.6) is 5.88 Å². The number of benzene rings is 2. The first-order valence-corrected chi connectivity index (χ1v) is 8.35. The van der Waals surface area contributed by atoms with Crippen LogP contribution in [0.4, 0.5) is 8.78 Å². The van der Waals surface area contributed by atoms with Crippen LogP contribution < -0.4 is 4.74 Å². The lowest BCUT2D eigenvalue weighted by Crippen LogP contribution is -2.26. The van der Waals surface area contributed by atoms with Crippen molar-refractivity contribution in [1.29, 1.82) is 0 Å². The van der Waals surface area contributed by atoms with E-state index in [2.05, 4.69) is 4.98 Å². The van der Waals surface area contributed by atoms with Crippen LogP contribution in [0.1, 0.15) is 21.5 Å². The van der Waals surface area contributed by atoms with Gasteiger partial charge < -0.3 is 9.64 Å². The van der Waals surface area contributed by atoms with E-state index >= 15 is 0 Å². The molecule has 1 heterocycles. The van der Waals surface area contributed by atoms with Gasteiger partial charge >= 0.3 is 0 Å². The van der Waals surface area contributed by atoms with Gasteiger partial charge in [-0.25, -0.2) is 13.8 Å². The quantitative estimate of drug-likeness (QED) is 0.655. The molecule has 1 aromatic heterocycles. The molecule has 1 amide bonds. The molecule has 27 heavy (non-hydrogen) atoms. The summed E-state index contributed by atoms with van der Waals surface area (Å²) in [7, 11) is 1.59. The third-order valence-corrected chi connectivity index (χ3v) is 3.96. The summed E-state index contributed by atoms with van der Waals surface area (Å²) in [5.41, 5.74) is 1.89. The van der Waals surface area contributed by atoms with Crippen molar-refractivity contribution in [2.24, 2.45) is 0 Å². The van der Waals surface area contributed by atoms with E-state index in [1.54, 1.807) is 19.2 Å². The Morgan fingerprint density at radius 1 is 1.00 bits per heavy atom. The minimum atomic E-state index is -0.936. The molecule has 0 unspecified atom stereocenters. The van der Waals surface area contributed by atoms with Gasteiger partial charge in [-0.15, -0.1) is 0 Å². The van der Waals surface area contributed by atoms with E-state index < -0.39 is 11.6 Å². The van der Waals surface area contributed by atoms with Crippen molar-refractivity contribution < 1.29 is 18.3 Å². The van der Waals surface area contributed by atoms with E-state index in [0.717, 1.165) is 17.7 Å². The monoisotopic (exact) mass is 368 g/mol. The zero-order valence-corrected chi connectivity index (χ0v) is 14.7. The van der Waals surface area contributed by atoms with Crippen molar-refractivity contribution >= 4 is 5.91 Å². The summed E-state index contributed by atoms with van der Waals surface area (Å²) in [6.07, 6.45) is 1.50. The van der Waals surface area contributed by atoms with Crippen molar-refractivity contribution in [2.75, 3.05) is 7.05 Å². The SMILES string of the molecule is CN(Cc1ccc(F)c(F)c1)C(=O)c1ccnc(OCc2ccccc2)c1. The predicted molar refractivity (Wildman–Crippen MR) is 97.2 cm³/mol. The second-order valence-corrected chi connectivity index (χ2v) is 6.07. The van der Waals surface area contributed by atoms with Crippen molar-refractivity contribution in [3.8, 4) is 5.88 Å². The number of pyridine rings is 1. The van der Waals surface area contributed by atoms with Crippen molar-refractivity contribution in [3.05, 3.63) is 95.2 Å². The van der Waals surface area contributed by atoms with Crippen molar-refractivity contribution in [2.45, 2.75) is 13.2 Å². The Balaban J connectivity index is 1.66. The standard InChI is InChI=1S/C21H18F2N2O2/c1-25(13-16-7-8-18(22)19(23)11-16)21(26)17-9-10-24-20(12-17)27-14-15-5-3-2-4-6-15/h2-12H,13-14H2,1H3. The smallest absolute Gasteiger partial charge is 0.254 e. The molecule has 4 nitrogen and oxygen atoms in total. The number of hydrogen-bond donors (Lipinski definition) is 0. The van der Waals surface area contributed by atoms with Crippen LogP contribution in [0.15, 0.2) is 66.9 Å². The fraction of sp³-hybridized carbons (Fsp3) is 0.143. The highest BCUT2D eigenvalue weighted by atomic mass is 19.2. The van der Waals surface area contributed by atoms with Crippen LogP contribution in [-0.2, 0) is 13.2 Å². The van der Waals surface area contributed by atoms with Crippen LogP contribution in [0, 0.1) is 11.6 Å². The number of rotatable bonds is 6. The van der Waals surface area contributed by atoms with Crippen LogP contribution in [-0.4, -0.2) is 22.8 Å². The summed E-state index contributed by atoms with van der Waals surface area (Å²) in [5.74, 6) is -1.78. The third-order valence-electron chi connectivity index (χ3n) is 3.96. The Morgan fingerprint density at radius 2 is 1.78 bits per heavy atom. The van der Waals surface area contributed by atoms with E-state index in [-0.39, 0.29) is 12.5 Å². The lowest BCUT2D eigenvalue weighted by Gasteiger charge is -2.18. The van der Waals surface area contributed by atoms with E-state index in [1.165, 1.54) is 17.2 Å². The van der Waals surface area contributed by atoms with Gasteiger partial charge in [-0.1, -0.05) is 36.4 Å². The molecule has 0 aliphatic carbocycles. The number of aromatic nitrogens is 1. The predicted octanol–water partition coefficient (Wildman–Crippen LogP) is 4.21. The summed E-state index contributed by atoms with van der Waals surface area (Å²) < 4.78 is 32.0. The highest BCUT2D eigenvalue weighted by molar-refractivity contribution is 5.94. The van der Waals surface area contributed by atoms with Gasteiger partial charge in [-0.2, -0.15) is 0 Å². The Morgan fingerprint density at radius 3 is 2.52 bits per heavy atom. The molecule has 0 aliphatic heterocycles. The fourth-order valence-electron chi connectivity index (χ4n) is 2.56. The molecule has 0 saturated heterocycles. The molecule has 0 radical (unpaired) electrons. The van der Waals surface area contributed by atoms with Crippen LogP contribution in [0.3, 0.4) is 0 Å². The topological polar surface area (TPSA) is 42.4 Å². The number of carbonyl (C=O) groups is 1. The van der Waals surface area contributed by atoms with E-state index in [4.69, 9.17) is 4.74 Å². The van der Waals surface area contributed by atoms with Gasteiger partial charge in [-0.05, 0) is 29.3 Å². The molecule has 0 aliphatic rings. The lowest BCUT2D eigenvalue weighted by atomic mass is 10.2. The van der Waals surface area contributed by atoms with Crippen molar-refractivity contribution in [3.63, 3.8) is 0 Å². The first-order chi connectivity index (χ1) is 13.0. The summed E-state index contributed by atoms with van der Waals surface area (Å²) in [6.45, 7) is 0.495. The second-order valence-electron chi connectivity index (χ2n) is 6.07. The summed E-state index contributed by atoms with van der Waals surface area (Å²) in [6, 6.07) is 16.3. The maximum Gasteiger partial charge on any atom is 0.254 e. The van der Waals surface area contributed by atoms with Crippen LogP contribution >= 0.6 is 0 Å². The van der Waals surface area contributed by atoms with Gasteiger partial charge in [0.1, 0.15) is 6.61 Å². The molecule has 0 saturated carbocycles. The zero-order chi connectivity index (χ0) is 19.2. The average molecular weight is 368 g/mol. The van der Waals surface area contributed by atoms with Gasteiger partial charge in [-0.3, -0.25) is 4.79 Å². The average Bonchev–Trinajstić information content (AvgIpc) is 2.69. The molecule has 0 bridgehead atoms. The minimum absolute atomic E-state index is 0.151. The van der Waals surface area contributed by atoms with Gasteiger partial charge in [0, 0.05) is 31.4 Å². The van der Waals surface area contributed by atoms with E-state index in [1.807, 2.05) is 30.3 Å². The van der Waals surface area contributed by atoms with Crippen molar-refractivity contribution in [1.82, 2.24) is 9.88 Å². The van der Waals surface area contributed by atoms with Crippen LogP contribution in [0.2, 0.25) is 0 Å². The Bertz CT molecular complexity index is 932. The largest absolute Gasteiger partial charge is 0.473 e. The fourth-order valence-corrected chi connectivity index (χ4v) is 2.56. The summed E-state index contributed by atoms with van der Waals surface area (Å²) in [5, 5.41) is 0. The number of ether oxygens (including phenoxy) is 1. The minimum Gasteiger partial charge on any atom is -0.473 e. The highest BCUT2D eigenvalue weighted by Gasteiger charge is 2.14. The molecule has 0 atom stereocenters. The van der Waals surface area contributed by atoms with E-state index in [9.17, 15) is 13.6 Å². The Labute approximate surface area is 156 Å². The number of halogens is 2. The molecule has 3 aromatic rings. The van der Waals surface area contributed by atoms with Crippen LogP contribution in [0.25, 0.3) is 0 Å². The first-order valence-electron chi connectivity index (χ1n) is 8.35. The van der Waals surface area contributed by atoms with Gasteiger partial charge in [0.2, 0.25) is 5.88 Å². The second kappa shape index (κ2) is 8.40. The molecular formula is C21H18F2N2O2. The molecule has 6 heteroatoms. The molecule has 0 fully saturated rings. The van der Waals surface area contributed by atoms with Gasteiger partial charge in [0.25, 0.3) is 5.91 Å². The van der Waals surface area contributed by atoms with Gasteiger partial charge in [0.15, 0.2) is 11.6 Å². The molecule has 138 valence electrons. The number of carbonyl (C=O) groups excluding carboxylic acids is 1. The molecule has 2 aromatic carbocycles. The summed E-state index contributed by atoms with van der Waals surface area (Å²) >= 11 is 0. The van der Waals surface area contributed by atoms with E-state index in [0.29, 0.717) is 23.6 Å². The van der Waals surface area contributed by atoms with Gasteiger partial charge in [0.05, 0.1) is 0 Å². The number of amides is 1. The molecule has 3 rings (SSSR count). The number of nitrogens with zero attached hydrogens (tertiary/aromatic N) is 2.